The average molecular weight is 220 g/mol. The van der Waals surface area contributed by atoms with Crippen LogP contribution in [0.4, 0.5) is 0 Å². The van der Waals surface area contributed by atoms with E-state index >= 15 is 0 Å². The molecule has 1 nitrogen and oxygen atoms in total. The zero-order valence-electron chi connectivity index (χ0n) is 4.17. The van der Waals surface area contributed by atoms with Crippen molar-refractivity contribution in [1.29, 1.82) is 0 Å². The molecule has 0 aromatic carbocycles. The normalized spacial score (nSPS) is 19.9. The van der Waals surface area contributed by atoms with Crippen LogP contribution in [0.3, 0.4) is 0 Å². The second-order valence-electron chi connectivity index (χ2n) is 1.57. The molecule has 1 rings (SSSR count). The molecule has 0 radical (unpaired) electrons. The fourth-order valence-corrected chi connectivity index (χ4v) is 0.908. The van der Waals surface area contributed by atoms with Gasteiger partial charge in [0.1, 0.15) is 0 Å². The number of hydrogen-bond donors (Lipinski definition) is 0. The average Bonchev–Trinajstić information content (AvgIpc) is 1.77. The molecule has 0 aromatic heterocycles. The van der Waals surface area contributed by atoms with Crippen molar-refractivity contribution < 1.29 is 4.79 Å². The molecule has 0 atom stereocenters. The van der Waals surface area contributed by atoms with Crippen molar-refractivity contribution in [3.63, 3.8) is 0 Å². The van der Waals surface area contributed by atoms with E-state index in [4.69, 9.17) is 0 Å². The van der Waals surface area contributed by atoms with Crippen LogP contribution in [0.25, 0.3) is 0 Å². The predicted octanol–water partition coefficient (Wildman–Crippen LogP) is 1.49. The van der Waals surface area contributed by atoms with Gasteiger partial charge in [0, 0.05) is 3.92 Å². The van der Waals surface area contributed by atoms with Gasteiger partial charge >= 0.3 is 0 Å². The molecule has 42 valence electrons. The van der Waals surface area contributed by atoms with E-state index in [-0.39, 0.29) is 5.78 Å². The molecule has 0 bridgehead atoms. The second-order valence-corrected chi connectivity index (χ2v) is 3.00. The number of allylic oxidation sites excluding steroid dienone is 4. The summed E-state index contributed by atoms with van der Waals surface area (Å²) in [6.45, 7) is 0. The Balaban J connectivity index is 2.68. The number of hydrogen-bond acceptors (Lipinski definition) is 1. The van der Waals surface area contributed by atoms with E-state index in [0.717, 1.165) is 0 Å². The van der Waals surface area contributed by atoms with Crippen LogP contribution in [-0.4, -0.2) is 9.71 Å². The third-order valence-electron chi connectivity index (χ3n) is 0.889. The van der Waals surface area contributed by atoms with Gasteiger partial charge < -0.3 is 0 Å². The summed E-state index contributed by atoms with van der Waals surface area (Å²) in [6, 6.07) is 0. The number of rotatable bonds is 0. The van der Waals surface area contributed by atoms with Crippen LogP contribution in [0.15, 0.2) is 24.3 Å². The first-order chi connectivity index (χ1) is 3.79. The molecular weight excluding hydrogens is 215 g/mol. The number of halogens is 1. The summed E-state index contributed by atoms with van der Waals surface area (Å²) < 4.78 is 0.408. The van der Waals surface area contributed by atoms with Gasteiger partial charge in [0.05, 0.1) is 0 Å². The van der Waals surface area contributed by atoms with Crippen LogP contribution in [0.1, 0.15) is 0 Å². The quantitative estimate of drug-likeness (QED) is 0.446. The lowest BCUT2D eigenvalue weighted by Crippen LogP contribution is -1.97. The van der Waals surface area contributed by atoms with Gasteiger partial charge in [-0.25, -0.2) is 0 Å². The van der Waals surface area contributed by atoms with Crippen LogP contribution in [0.2, 0.25) is 0 Å². The molecule has 0 saturated heterocycles. The van der Waals surface area contributed by atoms with Crippen molar-refractivity contribution in [2.45, 2.75) is 3.92 Å². The van der Waals surface area contributed by atoms with E-state index in [9.17, 15) is 4.79 Å². The molecule has 0 fully saturated rings. The molecule has 0 spiro atoms. The van der Waals surface area contributed by atoms with Crippen LogP contribution >= 0.6 is 22.6 Å². The highest BCUT2D eigenvalue weighted by Crippen LogP contribution is 2.07. The first-order valence-electron chi connectivity index (χ1n) is 2.33. The maximum Gasteiger partial charge on any atom is 0.178 e. The molecule has 0 amide bonds. The fourth-order valence-electron chi connectivity index (χ4n) is 0.493. The Labute approximate surface area is 61.6 Å². The highest BCUT2D eigenvalue weighted by Gasteiger charge is 1.99. The van der Waals surface area contributed by atoms with E-state index in [2.05, 4.69) is 22.6 Å². The molecule has 2 heteroatoms. The van der Waals surface area contributed by atoms with Crippen molar-refractivity contribution in [3.05, 3.63) is 24.3 Å². The molecule has 0 aliphatic heterocycles. The standard InChI is InChI=1S/C6H5IO/c7-5-1-3-6(8)4-2-5/h1-5H. The SMILES string of the molecule is O=C1C=CC(I)C=C1. The summed E-state index contributed by atoms with van der Waals surface area (Å²) in [5, 5.41) is 0. The van der Waals surface area contributed by atoms with E-state index in [1.54, 1.807) is 12.2 Å². The van der Waals surface area contributed by atoms with Crippen molar-refractivity contribution in [1.82, 2.24) is 0 Å². The molecule has 0 N–H and O–H groups in total. The Morgan fingerprint density at radius 3 is 2.25 bits per heavy atom. The minimum atomic E-state index is 0.0953. The van der Waals surface area contributed by atoms with E-state index in [0.29, 0.717) is 3.92 Å². The molecule has 0 aromatic rings. The third kappa shape index (κ3) is 1.43. The van der Waals surface area contributed by atoms with Crippen LogP contribution in [0.5, 0.6) is 0 Å². The van der Waals surface area contributed by atoms with Gasteiger partial charge in [-0.2, -0.15) is 0 Å². The van der Waals surface area contributed by atoms with Crippen LogP contribution in [0, 0.1) is 0 Å². The smallest absolute Gasteiger partial charge is 0.178 e. The summed E-state index contributed by atoms with van der Waals surface area (Å²) in [4.78, 5) is 10.4. The minimum absolute atomic E-state index is 0.0953. The summed E-state index contributed by atoms with van der Waals surface area (Å²) in [5.74, 6) is 0.0953. The fraction of sp³-hybridized carbons (Fsp3) is 0.167. The zero-order chi connectivity index (χ0) is 5.98. The summed E-state index contributed by atoms with van der Waals surface area (Å²) in [7, 11) is 0. The zero-order valence-corrected chi connectivity index (χ0v) is 6.33. The number of alkyl halides is 1. The van der Waals surface area contributed by atoms with Gasteiger partial charge in [-0.05, 0) is 12.2 Å². The molecule has 1 aliphatic rings. The van der Waals surface area contributed by atoms with Gasteiger partial charge in [0.25, 0.3) is 0 Å². The summed E-state index contributed by atoms with van der Waals surface area (Å²) >= 11 is 2.24. The van der Waals surface area contributed by atoms with Gasteiger partial charge in [-0.1, -0.05) is 34.7 Å². The van der Waals surface area contributed by atoms with Crippen molar-refractivity contribution in [3.8, 4) is 0 Å². The van der Waals surface area contributed by atoms with Crippen molar-refractivity contribution in [2.24, 2.45) is 0 Å². The minimum Gasteiger partial charge on any atom is -0.290 e. The molecular formula is C6H5IO. The van der Waals surface area contributed by atoms with Gasteiger partial charge in [-0.3, -0.25) is 4.79 Å². The highest BCUT2D eigenvalue weighted by molar-refractivity contribution is 14.1. The predicted molar refractivity (Wildman–Crippen MR) is 41.1 cm³/mol. The number of ketones is 1. The van der Waals surface area contributed by atoms with Gasteiger partial charge in [0.2, 0.25) is 0 Å². The first kappa shape index (κ1) is 6.01. The van der Waals surface area contributed by atoms with Gasteiger partial charge in [0.15, 0.2) is 5.78 Å². The summed E-state index contributed by atoms with van der Waals surface area (Å²) in [5.41, 5.74) is 0. The van der Waals surface area contributed by atoms with Crippen molar-refractivity contribution in [2.75, 3.05) is 0 Å². The topological polar surface area (TPSA) is 17.1 Å². The Kier molecular flexibility index (Phi) is 1.83. The molecule has 0 unspecified atom stereocenters. The number of carbonyl (C=O) groups excluding carboxylic acids is 1. The van der Waals surface area contributed by atoms with Crippen molar-refractivity contribution >= 4 is 28.4 Å². The first-order valence-corrected chi connectivity index (χ1v) is 3.58. The third-order valence-corrected chi connectivity index (χ3v) is 1.72. The van der Waals surface area contributed by atoms with Crippen LogP contribution in [-0.2, 0) is 4.79 Å². The lowest BCUT2D eigenvalue weighted by molar-refractivity contribution is -0.110. The van der Waals surface area contributed by atoms with E-state index in [1.165, 1.54) is 0 Å². The Morgan fingerprint density at radius 2 is 1.88 bits per heavy atom. The van der Waals surface area contributed by atoms with Gasteiger partial charge in [-0.15, -0.1) is 0 Å². The molecule has 1 aliphatic carbocycles. The maximum atomic E-state index is 10.4. The lowest BCUT2D eigenvalue weighted by Gasteiger charge is -1.97. The molecule has 0 heterocycles. The van der Waals surface area contributed by atoms with Crippen LogP contribution < -0.4 is 0 Å². The largest absolute Gasteiger partial charge is 0.290 e. The van der Waals surface area contributed by atoms with E-state index in [1.807, 2.05) is 12.2 Å². The highest BCUT2D eigenvalue weighted by atomic mass is 127. The van der Waals surface area contributed by atoms with E-state index < -0.39 is 0 Å². The molecule has 8 heavy (non-hydrogen) atoms. The maximum absolute atomic E-state index is 10.4. The monoisotopic (exact) mass is 220 g/mol. The Hall–Kier alpha value is -0.120. The Morgan fingerprint density at radius 1 is 1.38 bits per heavy atom. The Bertz CT molecular complexity index is 142. The molecule has 0 saturated carbocycles. The summed E-state index contributed by atoms with van der Waals surface area (Å²) in [6.07, 6.45) is 6.94. The second kappa shape index (κ2) is 2.44. The lowest BCUT2D eigenvalue weighted by atomic mass is 10.2. The number of carbonyl (C=O) groups is 1.